The number of carbonyl (C=O) groups is 5. The first-order chi connectivity index (χ1) is 17.7. The van der Waals surface area contributed by atoms with Gasteiger partial charge in [0, 0.05) is 12.8 Å². The molecule has 0 saturated heterocycles. The Morgan fingerprint density at radius 1 is 0.868 bits per heavy atom. The average molecular weight is 537 g/mol. The molecule has 0 heterocycles. The lowest BCUT2D eigenvalue weighted by Crippen LogP contribution is -2.59. The molecule has 1 rings (SSSR count). The van der Waals surface area contributed by atoms with Crippen molar-refractivity contribution < 1.29 is 39.3 Å². The molecule has 0 bridgehead atoms. The van der Waals surface area contributed by atoms with E-state index in [0.717, 1.165) is 0 Å². The van der Waals surface area contributed by atoms with Crippen LogP contribution in [0, 0.1) is 11.8 Å². The molecule has 12 nitrogen and oxygen atoms in total. The predicted molar refractivity (Wildman–Crippen MR) is 139 cm³/mol. The number of nitrogens with two attached hydrogens (primary N) is 1. The van der Waals surface area contributed by atoms with Crippen LogP contribution in [0.3, 0.4) is 0 Å². The van der Waals surface area contributed by atoms with E-state index < -0.39 is 53.8 Å². The van der Waals surface area contributed by atoms with Crippen molar-refractivity contribution in [1.82, 2.24) is 16.0 Å². The molecule has 38 heavy (non-hydrogen) atoms. The summed E-state index contributed by atoms with van der Waals surface area (Å²) in [7, 11) is 0. The molecule has 0 spiro atoms. The largest absolute Gasteiger partial charge is 0.508 e. The first-order valence-electron chi connectivity index (χ1n) is 12.6. The van der Waals surface area contributed by atoms with Crippen LogP contribution < -0.4 is 21.7 Å². The first kappa shape index (κ1) is 32.4. The highest BCUT2D eigenvalue weighted by molar-refractivity contribution is 5.94. The van der Waals surface area contributed by atoms with Gasteiger partial charge in [-0.3, -0.25) is 19.2 Å². The predicted octanol–water partition coefficient (Wildman–Crippen LogP) is 0.758. The third-order valence-corrected chi connectivity index (χ3v) is 6.13. The summed E-state index contributed by atoms with van der Waals surface area (Å²) in [6.45, 7) is 7.17. The summed E-state index contributed by atoms with van der Waals surface area (Å²) in [6, 6.07) is 1.40. The number of phenols is 1. The van der Waals surface area contributed by atoms with Gasteiger partial charge < -0.3 is 37.0 Å². The molecule has 5 atom stereocenters. The smallest absolute Gasteiger partial charge is 0.326 e. The summed E-state index contributed by atoms with van der Waals surface area (Å²) in [5, 5.41) is 35.6. The molecule has 0 aliphatic heterocycles. The zero-order chi connectivity index (χ0) is 29.0. The van der Waals surface area contributed by atoms with Crippen LogP contribution in [0.25, 0.3) is 0 Å². The van der Waals surface area contributed by atoms with Gasteiger partial charge in [0.15, 0.2) is 0 Å². The van der Waals surface area contributed by atoms with E-state index in [1.807, 2.05) is 20.8 Å². The minimum Gasteiger partial charge on any atom is -0.508 e. The minimum absolute atomic E-state index is 0.00876. The molecule has 8 N–H and O–H groups in total. The quantitative estimate of drug-likeness (QED) is 0.159. The second kappa shape index (κ2) is 15.6. The lowest BCUT2D eigenvalue weighted by atomic mass is 9.96. The number of phenolic OH excluding ortho intramolecular Hbond substituents is 1. The highest BCUT2D eigenvalue weighted by Crippen LogP contribution is 2.14. The fourth-order valence-electron chi connectivity index (χ4n) is 3.68. The Bertz CT molecular complexity index is 966. The molecule has 0 aliphatic carbocycles. The van der Waals surface area contributed by atoms with Crippen LogP contribution in [0.5, 0.6) is 5.75 Å². The van der Waals surface area contributed by atoms with Crippen molar-refractivity contribution in [3.05, 3.63) is 29.8 Å². The molecule has 1 aromatic rings. The highest BCUT2D eigenvalue weighted by atomic mass is 16.4. The maximum atomic E-state index is 13.3. The van der Waals surface area contributed by atoms with Crippen molar-refractivity contribution in [3.63, 3.8) is 0 Å². The van der Waals surface area contributed by atoms with E-state index >= 15 is 0 Å². The number of rotatable bonds is 16. The van der Waals surface area contributed by atoms with Gasteiger partial charge in [-0.25, -0.2) is 4.79 Å². The lowest BCUT2D eigenvalue weighted by molar-refractivity contribution is -0.143. The van der Waals surface area contributed by atoms with Gasteiger partial charge in [0.05, 0.1) is 6.04 Å². The summed E-state index contributed by atoms with van der Waals surface area (Å²) in [4.78, 5) is 61.6. The van der Waals surface area contributed by atoms with E-state index in [9.17, 15) is 34.2 Å². The third-order valence-electron chi connectivity index (χ3n) is 6.13. The second-order valence-corrected chi connectivity index (χ2v) is 9.87. The fourth-order valence-corrected chi connectivity index (χ4v) is 3.68. The molecule has 12 heteroatoms. The van der Waals surface area contributed by atoms with E-state index in [0.29, 0.717) is 12.0 Å². The lowest BCUT2D eigenvalue weighted by Gasteiger charge is -2.28. The first-order valence-corrected chi connectivity index (χ1v) is 12.6. The Balaban J connectivity index is 3.16. The molecule has 0 radical (unpaired) electrons. The van der Waals surface area contributed by atoms with Gasteiger partial charge in [-0.15, -0.1) is 0 Å². The van der Waals surface area contributed by atoms with Crippen molar-refractivity contribution in [2.45, 2.75) is 84.0 Å². The number of hydrogen-bond acceptors (Lipinski definition) is 7. The highest BCUT2D eigenvalue weighted by Gasteiger charge is 2.32. The summed E-state index contributed by atoms with van der Waals surface area (Å²) >= 11 is 0. The Hall–Kier alpha value is -3.67. The molecule has 212 valence electrons. The van der Waals surface area contributed by atoms with Crippen LogP contribution in [-0.4, -0.2) is 69.1 Å². The molecule has 5 unspecified atom stereocenters. The maximum absolute atomic E-state index is 13.3. The van der Waals surface area contributed by atoms with Gasteiger partial charge in [-0.05, 0) is 42.4 Å². The monoisotopic (exact) mass is 536 g/mol. The Kier molecular flexibility index (Phi) is 13.2. The molecule has 1 aromatic carbocycles. The number of nitrogens with one attached hydrogen (secondary N) is 3. The van der Waals surface area contributed by atoms with E-state index in [-0.39, 0.29) is 43.3 Å². The number of aliphatic carboxylic acids is 2. The zero-order valence-electron chi connectivity index (χ0n) is 22.3. The number of carboxylic acid groups (broad SMARTS) is 2. The Labute approximate surface area is 222 Å². The summed E-state index contributed by atoms with van der Waals surface area (Å²) < 4.78 is 0. The maximum Gasteiger partial charge on any atom is 0.326 e. The number of benzene rings is 1. The normalized spacial score (nSPS) is 15.0. The molecular weight excluding hydrogens is 496 g/mol. The van der Waals surface area contributed by atoms with Crippen LogP contribution in [0.2, 0.25) is 0 Å². The molecule has 0 aliphatic rings. The third kappa shape index (κ3) is 11.2. The topological polar surface area (TPSA) is 208 Å². The Morgan fingerprint density at radius 3 is 1.95 bits per heavy atom. The summed E-state index contributed by atoms with van der Waals surface area (Å²) in [6.07, 6.45) is 0.234. The van der Waals surface area contributed by atoms with E-state index in [4.69, 9.17) is 10.8 Å². The van der Waals surface area contributed by atoms with Crippen molar-refractivity contribution in [2.24, 2.45) is 17.6 Å². The van der Waals surface area contributed by atoms with E-state index in [1.54, 1.807) is 19.1 Å². The van der Waals surface area contributed by atoms with Gasteiger partial charge >= 0.3 is 11.9 Å². The van der Waals surface area contributed by atoms with Gasteiger partial charge in [0.1, 0.15) is 23.9 Å². The van der Waals surface area contributed by atoms with Crippen LogP contribution in [0.4, 0.5) is 0 Å². The second-order valence-electron chi connectivity index (χ2n) is 9.87. The SMILES string of the molecule is CCC(C)C(NC(=O)C(N)CCC(=O)O)C(=O)NC(Cc1ccc(O)cc1)C(=O)NC(CC(C)C)C(=O)O. The summed E-state index contributed by atoms with van der Waals surface area (Å²) in [5.74, 6) is -4.77. The number of amides is 3. The molecule has 0 saturated carbocycles. The number of carboxylic acids is 2. The van der Waals surface area contributed by atoms with Gasteiger partial charge in [0.2, 0.25) is 17.7 Å². The van der Waals surface area contributed by atoms with Crippen molar-refractivity contribution in [3.8, 4) is 5.75 Å². The number of aromatic hydroxyl groups is 1. The molecule has 0 aromatic heterocycles. The molecule has 0 fully saturated rings. The van der Waals surface area contributed by atoms with Crippen molar-refractivity contribution >= 4 is 29.7 Å². The van der Waals surface area contributed by atoms with Crippen LogP contribution in [-0.2, 0) is 30.4 Å². The molecule has 3 amide bonds. The van der Waals surface area contributed by atoms with Gasteiger partial charge in [-0.1, -0.05) is 46.2 Å². The number of hydrogen-bond donors (Lipinski definition) is 7. The van der Waals surface area contributed by atoms with Crippen molar-refractivity contribution in [2.75, 3.05) is 0 Å². The number of carbonyl (C=O) groups excluding carboxylic acids is 3. The van der Waals surface area contributed by atoms with Crippen LogP contribution in [0.15, 0.2) is 24.3 Å². The van der Waals surface area contributed by atoms with E-state index in [2.05, 4.69) is 16.0 Å². The summed E-state index contributed by atoms with van der Waals surface area (Å²) in [5.41, 5.74) is 6.39. The minimum atomic E-state index is -1.21. The van der Waals surface area contributed by atoms with Gasteiger partial charge in [0.25, 0.3) is 0 Å². The standard InChI is InChI=1S/C26H40N4O8/c1-5-15(4)22(30-23(34)18(27)10-11-21(32)33)25(36)28-19(13-16-6-8-17(31)9-7-16)24(35)29-20(26(37)38)12-14(2)3/h6-9,14-15,18-20,22,31H,5,10-13,27H2,1-4H3,(H,28,36)(H,29,35)(H,30,34)(H,32,33)(H,37,38). The Morgan fingerprint density at radius 2 is 1.45 bits per heavy atom. The van der Waals surface area contributed by atoms with Crippen LogP contribution in [0.1, 0.15) is 58.9 Å². The van der Waals surface area contributed by atoms with E-state index in [1.165, 1.54) is 12.1 Å². The van der Waals surface area contributed by atoms with Crippen molar-refractivity contribution in [1.29, 1.82) is 0 Å². The fraction of sp³-hybridized carbons (Fsp3) is 0.577. The molecular formula is C26H40N4O8. The van der Waals surface area contributed by atoms with Gasteiger partial charge in [-0.2, -0.15) is 0 Å². The van der Waals surface area contributed by atoms with Crippen LogP contribution >= 0.6 is 0 Å². The average Bonchev–Trinajstić information content (AvgIpc) is 2.84. The zero-order valence-corrected chi connectivity index (χ0v) is 22.3.